The van der Waals surface area contributed by atoms with Gasteiger partial charge < -0.3 is 0 Å². The Labute approximate surface area is 105 Å². The van der Waals surface area contributed by atoms with Crippen LogP contribution >= 0.6 is 0 Å². The average Bonchev–Trinajstić information content (AvgIpc) is 2.77. The van der Waals surface area contributed by atoms with Crippen molar-refractivity contribution in [2.75, 3.05) is 0 Å². The molecule has 1 nitrogen and oxygen atoms in total. The number of hydrogen-bond acceptors (Lipinski definition) is 1. The molecule has 0 spiro atoms. The van der Waals surface area contributed by atoms with Crippen molar-refractivity contribution in [3.8, 4) is 0 Å². The second-order valence-corrected chi connectivity index (χ2v) is 6.05. The van der Waals surface area contributed by atoms with Gasteiger partial charge in [-0.1, -0.05) is 30.2 Å². The molecular formula is C16H24O. The summed E-state index contributed by atoms with van der Waals surface area (Å²) in [5.41, 5.74) is 2.94. The van der Waals surface area contributed by atoms with E-state index in [9.17, 15) is 4.79 Å². The molecule has 0 aromatic rings. The van der Waals surface area contributed by atoms with Gasteiger partial charge in [-0.15, -0.1) is 0 Å². The Morgan fingerprint density at radius 2 is 1.76 bits per heavy atom. The SMILES string of the molecule is C/C1=C/CCC2(C)C(=O)C2CC/C(C)=C\CC1. The zero-order valence-electron chi connectivity index (χ0n) is 11.4. The zero-order chi connectivity index (χ0) is 12.5. The van der Waals surface area contributed by atoms with Crippen molar-refractivity contribution in [2.24, 2.45) is 11.3 Å². The van der Waals surface area contributed by atoms with Gasteiger partial charge in [-0.3, -0.25) is 4.79 Å². The molecule has 1 heteroatoms. The largest absolute Gasteiger partial charge is 0.299 e. The molecule has 0 bridgehead atoms. The van der Waals surface area contributed by atoms with Gasteiger partial charge in [0.25, 0.3) is 0 Å². The standard InChI is InChI=1S/C16H24O/c1-12-6-4-7-13(2)9-10-14-15(17)16(14,3)11-5-8-12/h7-8,14H,4-6,9-11H2,1-3H3/b12-8-,13-7-. The lowest BCUT2D eigenvalue weighted by Crippen LogP contribution is -2.00. The van der Waals surface area contributed by atoms with E-state index in [-0.39, 0.29) is 5.41 Å². The van der Waals surface area contributed by atoms with E-state index >= 15 is 0 Å². The van der Waals surface area contributed by atoms with Gasteiger partial charge in [-0.05, 0) is 52.4 Å². The molecule has 17 heavy (non-hydrogen) atoms. The van der Waals surface area contributed by atoms with Gasteiger partial charge in [0.2, 0.25) is 0 Å². The summed E-state index contributed by atoms with van der Waals surface area (Å²) in [6.07, 6.45) is 11.3. The third-order valence-corrected chi connectivity index (χ3v) is 4.58. The average molecular weight is 232 g/mol. The molecule has 0 heterocycles. The molecular weight excluding hydrogens is 208 g/mol. The monoisotopic (exact) mass is 232 g/mol. The number of hydrogen-bond donors (Lipinski definition) is 0. The van der Waals surface area contributed by atoms with Crippen LogP contribution in [-0.4, -0.2) is 5.78 Å². The topological polar surface area (TPSA) is 17.1 Å². The molecule has 0 aliphatic heterocycles. The number of Topliss-reactive ketones (excluding diaryl/α,β-unsaturated/α-hetero) is 1. The molecule has 2 atom stereocenters. The van der Waals surface area contributed by atoms with Crippen molar-refractivity contribution >= 4 is 5.78 Å². The minimum atomic E-state index is 0.0102. The van der Waals surface area contributed by atoms with Crippen LogP contribution in [0.15, 0.2) is 23.3 Å². The fourth-order valence-electron chi connectivity index (χ4n) is 3.02. The summed E-state index contributed by atoms with van der Waals surface area (Å²) in [6.45, 7) is 6.58. The van der Waals surface area contributed by atoms with E-state index in [1.54, 1.807) is 0 Å². The minimum absolute atomic E-state index is 0.0102. The molecule has 2 unspecified atom stereocenters. The van der Waals surface area contributed by atoms with Crippen molar-refractivity contribution in [1.29, 1.82) is 0 Å². The molecule has 0 N–H and O–H groups in total. The first-order valence-corrected chi connectivity index (χ1v) is 6.89. The maximum atomic E-state index is 11.9. The van der Waals surface area contributed by atoms with Crippen molar-refractivity contribution in [3.05, 3.63) is 23.3 Å². The summed E-state index contributed by atoms with van der Waals surface area (Å²) in [5.74, 6) is 0.856. The van der Waals surface area contributed by atoms with Gasteiger partial charge in [0.05, 0.1) is 0 Å². The lowest BCUT2D eigenvalue weighted by atomic mass is 9.94. The van der Waals surface area contributed by atoms with Crippen LogP contribution in [0, 0.1) is 11.3 Å². The van der Waals surface area contributed by atoms with E-state index in [4.69, 9.17) is 0 Å². The highest BCUT2D eigenvalue weighted by Gasteiger charge is 2.59. The maximum absolute atomic E-state index is 11.9. The number of fused-ring (bicyclic) bond motifs is 1. The van der Waals surface area contributed by atoms with Gasteiger partial charge in [0, 0.05) is 11.3 Å². The van der Waals surface area contributed by atoms with Crippen LogP contribution in [0.2, 0.25) is 0 Å². The van der Waals surface area contributed by atoms with Gasteiger partial charge in [0.15, 0.2) is 0 Å². The first-order chi connectivity index (χ1) is 8.04. The normalized spacial score (nSPS) is 41.1. The Morgan fingerprint density at radius 1 is 1.12 bits per heavy atom. The lowest BCUT2D eigenvalue weighted by Gasteiger charge is -2.09. The summed E-state index contributed by atoms with van der Waals surface area (Å²) >= 11 is 0. The Kier molecular flexibility index (Phi) is 3.56. The second-order valence-electron chi connectivity index (χ2n) is 6.05. The summed E-state index contributed by atoms with van der Waals surface area (Å²) in [4.78, 5) is 11.9. The molecule has 0 amide bonds. The number of rotatable bonds is 0. The van der Waals surface area contributed by atoms with Crippen molar-refractivity contribution in [3.63, 3.8) is 0 Å². The van der Waals surface area contributed by atoms with Crippen LogP contribution in [0.4, 0.5) is 0 Å². The molecule has 0 radical (unpaired) electrons. The lowest BCUT2D eigenvalue weighted by molar-refractivity contribution is -0.113. The highest BCUT2D eigenvalue weighted by atomic mass is 16.1. The second kappa shape index (κ2) is 4.80. The summed E-state index contributed by atoms with van der Waals surface area (Å²) in [5, 5.41) is 0. The molecule has 94 valence electrons. The van der Waals surface area contributed by atoms with Crippen molar-refractivity contribution in [2.45, 2.75) is 59.3 Å². The van der Waals surface area contributed by atoms with Gasteiger partial charge in [-0.2, -0.15) is 0 Å². The van der Waals surface area contributed by atoms with E-state index in [2.05, 4.69) is 32.9 Å². The fourth-order valence-corrected chi connectivity index (χ4v) is 3.02. The van der Waals surface area contributed by atoms with Gasteiger partial charge in [-0.25, -0.2) is 0 Å². The predicted molar refractivity (Wildman–Crippen MR) is 71.8 cm³/mol. The van der Waals surface area contributed by atoms with E-state index in [0.717, 1.165) is 32.1 Å². The van der Waals surface area contributed by atoms with Crippen LogP contribution in [-0.2, 0) is 4.79 Å². The molecule has 2 rings (SSSR count). The van der Waals surface area contributed by atoms with Crippen LogP contribution in [0.1, 0.15) is 59.3 Å². The quantitative estimate of drug-likeness (QED) is 0.564. The molecule has 0 aromatic heterocycles. The summed E-state index contributed by atoms with van der Waals surface area (Å²) < 4.78 is 0. The number of carbonyl (C=O) groups is 1. The minimum Gasteiger partial charge on any atom is -0.299 e. The molecule has 0 aromatic carbocycles. The fraction of sp³-hybridized carbons (Fsp3) is 0.688. The molecule has 2 aliphatic rings. The number of carbonyl (C=O) groups excluding carboxylic acids is 1. The number of allylic oxidation sites excluding steroid dienone is 4. The van der Waals surface area contributed by atoms with Crippen LogP contribution < -0.4 is 0 Å². The molecule has 1 saturated carbocycles. The first-order valence-electron chi connectivity index (χ1n) is 6.89. The smallest absolute Gasteiger partial charge is 0.143 e. The first kappa shape index (κ1) is 12.6. The van der Waals surface area contributed by atoms with E-state index < -0.39 is 0 Å². The van der Waals surface area contributed by atoms with Crippen LogP contribution in [0.3, 0.4) is 0 Å². The van der Waals surface area contributed by atoms with E-state index in [0.29, 0.717) is 11.7 Å². The van der Waals surface area contributed by atoms with Crippen molar-refractivity contribution < 1.29 is 4.79 Å². The van der Waals surface area contributed by atoms with Crippen molar-refractivity contribution in [1.82, 2.24) is 0 Å². The summed E-state index contributed by atoms with van der Waals surface area (Å²) in [7, 11) is 0. The molecule has 2 aliphatic carbocycles. The molecule has 1 fully saturated rings. The summed E-state index contributed by atoms with van der Waals surface area (Å²) in [6, 6.07) is 0. The molecule has 0 saturated heterocycles. The third kappa shape index (κ3) is 2.70. The van der Waals surface area contributed by atoms with E-state index in [1.807, 2.05) is 0 Å². The number of ketones is 1. The Morgan fingerprint density at radius 3 is 2.53 bits per heavy atom. The maximum Gasteiger partial charge on any atom is 0.143 e. The Bertz CT molecular complexity index is 375. The third-order valence-electron chi connectivity index (χ3n) is 4.58. The Hall–Kier alpha value is -0.850. The highest BCUT2D eigenvalue weighted by molar-refractivity contribution is 6.03. The van der Waals surface area contributed by atoms with Crippen LogP contribution in [0.5, 0.6) is 0 Å². The van der Waals surface area contributed by atoms with Gasteiger partial charge >= 0.3 is 0 Å². The van der Waals surface area contributed by atoms with Crippen LogP contribution in [0.25, 0.3) is 0 Å². The highest BCUT2D eigenvalue weighted by Crippen LogP contribution is 2.54. The van der Waals surface area contributed by atoms with E-state index in [1.165, 1.54) is 17.6 Å². The van der Waals surface area contributed by atoms with Gasteiger partial charge in [0.1, 0.15) is 5.78 Å². The zero-order valence-corrected chi connectivity index (χ0v) is 11.4. The Balaban J connectivity index is 2.07. The predicted octanol–water partition coefficient (Wildman–Crippen LogP) is 4.44.